The van der Waals surface area contributed by atoms with E-state index in [0.29, 0.717) is 5.92 Å². The van der Waals surface area contributed by atoms with Gasteiger partial charge in [0.2, 0.25) is 0 Å². The van der Waals surface area contributed by atoms with E-state index in [1.54, 1.807) is 20.2 Å². The van der Waals surface area contributed by atoms with Gasteiger partial charge in [0.1, 0.15) is 11.5 Å². The first kappa shape index (κ1) is 19.5. The predicted molar refractivity (Wildman–Crippen MR) is 104 cm³/mol. The highest BCUT2D eigenvalue weighted by atomic mass is 16.5. The number of amides is 1. The summed E-state index contributed by atoms with van der Waals surface area (Å²) in [6.45, 7) is 7.92. The molecule has 0 saturated carbocycles. The number of ether oxygens (including phenoxy) is 2. The van der Waals surface area contributed by atoms with Gasteiger partial charge in [0, 0.05) is 0 Å². The van der Waals surface area contributed by atoms with Crippen molar-refractivity contribution in [3.8, 4) is 11.5 Å². The summed E-state index contributed by atoms with van der Waals surface area (Å²) in [5.41, 5.74) is 5.51. The standard InChI is InChI=1S/C21H26N2O3/c1-14(2)18-10-9-15(3)20(12-18)26-16(4)21(24)23-22-13-17-7-6-8-19(11-17)25-5/h6-14,16H,1-5H3,(H,23,24). The highest BCUT2D eigenvalue weighted by molar-refractivity contribution is 5.84. The molecule has 1 N–H and O–H groups in total. The molecule has 5 nitrogen and oxygen atoms in total. The SMILES string of the molecule is COc1cccc(C=NNC(=O)C(C)Oc2cc(C(C)C)ccc2C)c1. The number of nitrogens with zero attached hydrogens (tertiary/aromatic N) is 1. The second kappa shape index (κ2) is 9.04. The number of hydrazone groups is 1. The Morgan fingerprint density at radius 2 is 1.92 bits per heavy atom. The summed E-state index contributed by atoms with van der Waals surface area (Å²) >= 11 is 0. The third-order valence-electron chi connectivity index (χ3n) is 4.03. The molecule has 0 saturated heterocycles. The predicted octanol–water partition coefficient (Wildman–Crippen LogP) is 4.04. The fourth-order valence-electron chi connectivity index (χ4n) is 2.33. The summed E-state index contributed by atoms with van der Waals surface area (Å²) in [7, 11) is 1.60. The normalized spacial score (nSPS) is 12.2. The Balaban J connectivity index is 1.97. The summed E-state index contributed by atoms with van der Waals surface area (Å²) in [6, 6.07) is 13.5. The average molecular weight is 354 g/mol. The Labute approximate surface area is 155 Å². The molecule has 5 heteroatoms. The van der Waals surface area contributed by atoms with Crippen LogP contribution in [-0.4, -0.2) is 25.3 Å². The molecule has 2 rings (SSSR count). The molecule has 1 atom stereocenters. The lowest BCUT2D eigenvalue weighted by Crippen LogP contribution is -2.33. The van der Waals surface area contributed by atoms with Crippen molar-refractivity contribution in [2.45, 2.75) is 39.7 Å². The maximum Gasteiger partial charge on any atom is 0.280 e. The number of rotatable bonds is 7. The molecule has 26 heavy (non-hydrogen) atoms. The van der Waals surface area contributed by atoms with Crippen LogP contribution in [0.15, 0.2) is 47.6 Å². The summed E-state index contributed by atoms with van der Waals surface area (Å²) in [6.07, 6.45) is 0.913. The van der Waals surface area contributed by atoms with E-state index in [0.717, 1.165) is 22.6 Å². The topological polar surface area (TPSA) is 59.9 Å². The van der Waals surface area contributed by atoms with Crippen molar-refractivity contribution in [3.63, 3.8) is 0 Å². The van der Waals surface area contributed by atoms with Crippen LogP contribution in [0.3, 0.4) is 0 Å². The third-order valence-corrected chi connectivity index (χ3v) is 4.03. The number of methoxy groups -OCH3 is 1. The van der Waals surface area contributed by atoms with Crippen molar-refractivity contribution < 1.29 is 14.3 Å². The Kier molecular flexibility index (Phi) is 6.78. The van der Waals surface area contributed by atoms with Crippen LogP contribution < -0.4 is 14.9 Å². The molecule has 0 aromatic heterocycles. The van der Waals surface area contributed by atoms with Crippen LogP contribution >= 0.6 is 0 Å². The number of hydrogen-bond acceptors (Lipinski definition) is 4. The van der Waals surface area contributed by atoms with Gasteiger partial charge in [-0.15, -0.1) is 0 Å². The van der Waals surface area contributed by atoms with Gasteiger partial charge in [-0.05, 0) is 54.7 Å². The quantitative estimate of drug-likeness (QED) is 0.603. The van der Waals surface area contributed by atoms with Crippen molar-refractivity contribution in [2.75, 3.05) is 7.11 Å². The largest absolute Gasteiger partial charge is 0.497 e. The van der Waals surface area contributed by atoms with Gasteiger partial charge in [0.15, 0.2) is 6.10 Å². The molecule has 2 aromatic rings. The molecule has 0 bridgehead atoms. The fourth-order valence-corrected chi connectivity index (χ4v) is 2.33. The summed E-state index contributed by atoms with van der Waals surface area (Å²) < 4.78 is 11.0. The molecule has 0 aliphatic heterocycles. The van der Waals surface area contributed by atoms with Crippen molar-refractivity contribution in [1.82, 2.24) is 5.43 Å². The minimum absolute atomic E-state index is 0.307. The van der Waals surface area contributed by atoms with Crippen LogP contribution in [0.5, 0.6) is 11.5 Å². The third kappa shape index (κ3) is 5.34. The first-order valence-corrected chi connectivity index (χ1v) is 8.65. The second-order valence-electron chi connectivity index (χ2n) is 6.45. The maximum absolute atomic E-state index is 12.2. The number of carbonyl (C=O) groups excluding carboxylic acids is 1. The fraction of sp³-hybridized carbons (Fsp3) is 0.333. The van der Waals surface area contributed by atoms with E-state index in [2.05, 4.69) is 30.4 Å². The van der Waals surface area contributed by atoms with Crippen LogP contribution in [0.2, 0.25) is 0 Å². The molecule has 0 heterocycles. The summed E-state index contributed by atoms with van der Waals surface area (Å²) in [4.78, 5) is 12.2. The van der Waals surface area contributed by atoms with Gasteiger partial charge in [0.05, 0.1) is 13.3 Å². The van der Waals surface area contributed by atoms with E-state index in [-0.39, 0.29) is 5.91 Å². The smallest absolute Gasteiger partial charge is 0.280 e. The van der Waals surface area contributed by atoms with E-state index in [4.69, 9.17) is 9.47 Å². The zero-order chi connectivity index (χ0) is 19.1. The monoisotopic (exact) mass is 354 g/mol. The van der Waals surface area contributed by atoms with Crippen molar-refractivity contribution in [2.24, 2.45) is 5.10 Å². The number of carbonyl (C=O) groups is 1. The average Bonchev–Trinajstić information content (AvgIpc) is 2.63. The minimum atomic E-state index is -0.654. The van der Waals surface area contributed by atoms with Crippen LogP contribution in [0, 0.1) is 6.92 Å². The Hall–Kier alpha value is -2.82. The highest BCUT2D eigenvalue weighted by Gasteiger charge is 2.15. The van der Waals surface area contributed by atoms with E-state index in [9.17, 15) is 4.79 Å². The Morgan fingerprint density at radius 3 is 2.62 bits per heavy atom. The van der Waals surface area contributed by atoms with Crippen LogP contribution in [0.1, 0.15) is 43.4 Å². The van der Waals surface area contributed by atoms with Crippen molar-refractivity contribution in [1.29, 1.82) is 0 Å². The first-order chi connectivity index (χ1) is 12.4. The molecule has 0 spiro atoms. The molecule has 0 aliphatic rings. The van der Waals surface area contributed by atoms with Gasteiger partial charge in [-0.2, -0.15) is 5.10 Å². The number of benzene rings is 2. The highest BCUT2D eigenvalue weighted by Crippen LogP contribution is 2.25. The van der Waals surface area contributed by atoms with E-state index in [1.807, 2.05) is 43.3 Å². The summed E-state index contributed by atoms with van der Waals surface area (Å²) in [5.74, 6) is 1.54. The molecule has 1 amide bonds. The first-order valence-electron chi connectivity index (χ1n) is 8.65. The van der Waals surface area contributed by atoms with E-state index >= 15 is 0 Å². The molecular weight excluding hydrogens is 328 g/mol. The van der Waals surface area contributed by atoms with Crippen molar-refractivity contribution >= 4 is 12.1 Å². The van der Waals surface area contributed by atoms with Crippen LogP contribution in [0.4, 0.5) is 0 Å². The Bertz CT molecular complexity index is 785. The Morgan fingerprint density at radius 1 is 1.15 bits per heavy atom. The number of hydrogen-bond donors (Lipinski definition) is 1. The zero-order valence-electron chi connectivity index (χ0n) is 15.9. The van der Waals surface area contributed by atoms with E-state index < -0.39 is 6.10 Å². The molecular formula is C21H26N2O3. The van der Waals surface area contributed by atoms with Crippen LogP contribution in [0.25, 0.3) is 0 Å². The van der Waals surface area contributed by atoms with Crippen molar-refractivity contribution in [3.05, 3.63) is 59.2 Å². The van der Waals surface area contributed by atoms with Crippen LogP contribution in [-0.2, 0) is 4.79 Å². The molecule has 138 valence electrons. The van der Waals surface area contributed by atoms with Gasteiger partial charge in [-0.1, -0.05) is 38.1 Å². The molecule has 2 aromatic carbocycles. The second-order valence-corrected chi connectivity index (χ2v) is 6.45. The number of aryl methyl sites for hydroxylation is 1. The maximum atomic E-state index is 12.2. The van der Waals surface area contributed by atoms with Gasteiger partial charge in [-0.3, -0.25) is 4.79 Å². The molecule has 0 fully saturated rings. The van der Waals surface area contributed by atoms with E-state index in [1.165, 1.54) is 5.56 Å². The lowest BCUT2D eigenvalue weighted by Gasteiger charge is -2.16. The summed E-state index contributed by atoms with van der Waals surface area (Å²) in [5, 5.41) is 3.99. The molecule has 0 radical (unpaired) electrons. The zero-order valence-corrected chi connectivity index (χ0v) is 15.9. The van der Waals surface area contributed by atoms with Gasteiger partial charge in [-0.25, -0.2) is 5.43 Å². The molecule has 1 unspecified atom stereocenters. The lowest BCUT2D eigenvalue weighted by atomic mass is 10.0. The molecule has 0 aliphatic carbocycles. The minimum Gasteiger partial charge on any atom is -0.497 e. The van der Waals surface area contributed by atoms with Gasteiger partial charge >= 0.3 is 0 Å². The van der Waals surface area contributed by atoms with Gasteiger partial charge < -0.3 is 9.47 Å². The number of nitrogens with one attached hydrogen (secondary N) is 1. The lowest BCUT2D eigenvalue weighted by molar-refractivity contribution is -0.127. The van der Waals surface area contributed by atoms with Gasteiger partial charge in [0.25, 0.3) is 5.91 Å².